The Morgan fingerprint density at radius 2 is 1.06 bits per heavy atom. The van der Waals surface area contributed by atoms with Crippen molar-refractivity contribution in [3.05, 3.63) is 12.2 Å². The standard InChI is InChI=1S/C27H55NO2P/c1-6-8-9-10-11-12-13-14-15-16-17-18-19-20-21-22-23-24-26-27(25-7-2,31(29)30)28(3,4)5/h14-15H,6-13,16-26H2,1-5H3/q+1/b15-14-. The number of hydrogen-bond acceptors (Lipinski definition) is 2. The van der Waals surface area contributed by atoms with Crippen LogP contribution in [0.4, 0.5) is 0 Å². The summed E-state index contributed by atoms with van der Waals surface area (Å²) >= 11 is 0. The molecule has 0 fully saturated rings. The minimum Gasteiger partial charge on any atom is -0.590 e. The van der Waals surface area contributed by atoms with Gasteiger partial charge >= 0.3 is 8.03 Å². The van der Waals surface area contributed by atoms with E-state index in [-0.39, 0.29) is 0 Å². The van der Waals surface area contributed by atoms with Gasteiger partial charge in [0.05, 0.1) is 21.1 Å². The number of quaternary nitrogens is 1. The molecular weight excluding hydrogens is 401 g/mol. The first-order chi connectivity index (χ1) is 14.8. The van der Waals surface area contributed by atoms with Crippen LogP contribution in [0.1, 0.15) is 136 Å². The van der Waals surface area contributed by atoms with Gasteiger partial charge in [-0.15, -0.1) is 0 Å². The van der Waals surface area contributed by atoms with Gasteiger partial charge in [-0.3, -0.25) is 4.48 Å². The van der Waals surface area contributed by atoms with Gasteiger partial charge in [-0.05, 0) is 38.5 Å². The Bertz CT molecular complexity index is 459. The fourth-order valence-corrected chi connectivity index (χ4v) is 5.87. The second kappa shape index (κ2) is 19.2. The molecule has 0 aromatic heterocycles. The van der Waals surface area contributed by atoms with E-state index in [1.807, 2.05) is 21.1 Å². The largest absolute Gasteiger partial charge is 0.590 e. The van der Waals surface area contributed by atoms with Crippen LogP contribution in [0.25, 0.3) is 0 Å². The third-order valence-electron chi connectivity index (χ3n) is 6.83. The molecule has 0 spiro atoms. The summed E-state index contributed by atoms with van der Waals surface area (Å²) in [6.07, 6.45) is 28.2. The van der Waals surface area contributed by atoms with E-state index in [1.165, 1.54) is 89.9 Å². The zero-order chi connectivity index (χ0) is 23.4. The maximum absolute atomic E-state index is 12.1. The SMILES string of the molecule is CCCCCCCC/C=C\CCCCCCCCCCC(CCC)([P+](=O)[O-])[N+](C)(C)C. The molecule has 0 aliphatic heterocycles. The van der Waals surface area contributed by atoms with Crippen molar-refractivity contribution in [2.45, 2.75) is 141 Å². The van der Waals surface area contributed by atoms with Crippen molar-refractivity contribution < 1.29 is 13.9 Å². The number of rotatable bonds is 22. The number of nitrogens with zero attached hydrogens (tertiary/aromatic N) is 1. The predicted octanol–water partition coefficient (Wildman–Crippen LogP) is 8.50. The quantitative estimate of drug-likeness (QED) is 0.0709. The highest BCUT2D eigenvalue weighted by molar-refractivity contribution is 7.38. The van der Waals surface area contributed by atoms with Crippen molar-refractivity contribution in [2.24, 2.45) is 0 Å². The van der Waals surface area contributed by atoms with Gasteiger partial charge in [0.2, 0.25) is 0 Å². The van der Waals surface area contributed by atoms with Gasteiger partial charge in [-0.25, -0.2) is 0 Å². The molecule has 0 radical (unpaired) electrons. The van der Waals surface area contributed by atoms with E-state index in [0.29, 0.717) is 4.48 Å². The van der Waals surface area contributed by atoms with Crippen LogP contribution < -0.4 is 4.89 Å². The summed E-state index contributed by atoms with van der Waals surface area (Å²) in [5.74, 6) is 0. The lowest BCUT2D eigenvalue weighted by Crippen LogP contribution is -2.55. The van der Waals surface area contributed by atoms with Crippen LogP contribution in [-0.4, -0.2) is 30.9 Å². The zero-order valence-electron chi connectivity index (χ0n) is 21.8. The van der Waals surface area contributed by atoms with E-state index >= 15 is 0 Å². The lowest BCUT2D eigenvalue weighted by Gasteiger charge is -2.39. The van der Waals surface area contributed by atoms with Crippen LogP contribution in [0.2, 0.25) is 0 Å². The first kappa shape index (κ1) is 30.8. The maximum Gasteiger partial charge on any atom is 0.376 e. The molecular formula is C27H55NO2P+. The molecule has 0 aliphatic rings. The Labute approximate surface area is 196 Å². The summed E-state index contributed by atoms with van der Waals surface area (Å²) in [5.41, 5.74) is 0. The summed E-state index contributed by atoms with van der Waals surface area (Å²) in [5, 5.41) is -0.591. The summed E-state index contributed by atoms with van der Waals surface area (Å²) in [6, 6.07) is 0. The van der Waals surface area contributed by atoms with E-state index in [0.717, 1.165) is 32.1 Å². The second-order valence-corrected chi connectivity index (χ2v) is 11.7. The summed E-state index contributed by atoms with van der Waals surface area (Å²) in [7, 11) is 3.68. The number of unbranched alkanes of at least 4 members (excludes halogenated alkanes) is 14. The van der Waals surface area contributed by atoms with E-state index in [9.17, 15) is 9.46 Å². The topological polar surface area (TPSA) is 40.1 Å². The van der Waals surface area contributed by atoms with Crippen molar-refractivity contribution >= 4 is 8.03 Å². The van der Waals surface area contributed by atoms with Crippen molar-refractivity contribution in [1.82, 2.24) is 0 Å². The molecule has 0 aliphatic carbocycles. The molecule has 3 nitrogen and oxygen atoms in total. The van der Waals surface area contributed by atoms with E-state index in [4.69, 9.17) is 0 Å². The number of allylic oxidation sites excluding steroid dienone is 2. The van der Waals surface area contributed by atoms with Crippen molar-refractivity contribution in [1.29, 1.82) is 0 Å². The highest BCUT2D eigenvalue weighted by atomic mass is 31.1. The molecule has 4 heteroatoms. The molecule has 2 unspecified atom stereocenters. The minimum absolute atomic E-state index is 0.521. The van der Waals surface area contributed by atoms with Gasteiger partial charge in [0, 0.05) is 12.8 Å². The summed E-state index contributed by atoms with van der Waals surface area (Å²) in [6.45, 7) is 4.37. The third-order valence-corrected chi connectivity index (χ3v) is 8.55. The Balaban J connectivity index is 3.67. The normalized spacial score (nSPS) is 14.8. The van der Waals surface area contributed by atoms with Gasteiger partial charge in [0.15, 0.2) is 0 Å². The maximum atomic E-state index is 12.1. The van der Waals surface area contributed by atoms with Gasteiger partial charge in [0.1, 0.15) is 0 Å². The Hall–Kier alpha value is -0.240. The van der Waals surface area contributed by atoms with Crippen LogP contribution in [0.5, 0.6) is 0 Å². The van der Waals surface area contributed by atoms with E-state index < -0.39 is 13.3 Å². The van der Waals surface area contributed by atoms with Gasteiger partial charge in [0.25, 0.3) is 5.28 Å². The first-order valence-corrected chi connectivity index (χ1v) is 14.6. The Morgan fingerprint density at radius 1 is 0.645 bits per heavy atom. The zero-order valence-corrected chi connectivity index (χ0v) is 22.7. The highest BCUT2D eigenvalue weighted by Gasteiger charge is 2.53. The average Bonchev–Trinajstić information content (AvgIpc) is 2.71. The predicted molar refractivity (Wildman–Crippen MR) is 137 cm³/mol. The minimum atomic E-state index is -2.42. The van der Waals surface area contributed by atoms with Gasteiger partial charge in [-0.1, -0.05) is 101 Å². The molecule has 0 bridgehead atoms. The lowest BCUT2D eigenvalue weighted by atomic mass is 9.99. The van der Waals surface area contributed by atoms with Crippen molar-refractivity contribution in [3.63, 3.8) is 0 Å². The smallest absolute Gasteiger partial charge is 0.376 e. The molecule has 0 heterocycles. The van der Waals surface area contributed by atoms with Gasteiger partial charge < -0.3 is 4.89 Å². The van der Waals surface area contributed by atoms with Crippen LogP contribution >= 0.6 is 8.03 Å². The van der Waals surface area contributed by atoms with Crippen LogP contribution in [0.15, 0.2) is 12.2 Å². The molecule has 0 aromatic carbocycles. The Kier molecular flexibility index (Phi) is 19.1. The number of hydrogen-bond donors (Lipinski definition) is 0. The first-order valence-electron chi connectivity index (χ1n) is 13.4. The van der Waals surface area contributed by atoms with E-state index in [1.54, 1.807) is 0 Å². The lowest BCUT2D eigenvalue weighted by molar-refractivity contribution is -0.910. The Morgan fingerprint density at radius 3 is 1.45 bits per heavy atom. The molecule has 0 saturated heterocycles. The molecule has 0 amide bonds. The molecule has 31 heavy (non-hydrogen) atoms. The molecule has 2 atom stereocenters. The van der Waals surface area contributed by atoms with E-state index in [2.05, 4.69) is 26.0 Å². The second-order valence-electron chi connectivity index (χ2n) is 10.4. The van der Waals surface area contributed by atoms with Crippen molar-refractivity contribution in [3.8, 4) is 0 Å². The molecule has 184 valence electrons. The fourth-order valence-electron chi connectivity index (χ4n) is 4.63. The van der Waals surface area contributed by atoms with Crippen LogP contribution in [-0.2, 0) is 4.57 Å². The third kappa shape index (κ3) is 14.5. The molecule has 0 rings (SSSR count). The highest BCUT2D eigenvalue weighted by Crippen LogP contribution is 2.45. The fraction of sp³-hybridized carbons (Fsp3) is 0.926. The molecule has 0 aromatic rings. The van der Waals surface area contributed by atoms with Gasteiger partial charge in [-0.2, -0.15) is 0 Å². The van der Waals surface area contributed by atoms with Crippen LogP contribution in [0.3, 0.4) is 0 Å². The summed E-state index contributed by atoms with van der Waals surface area (Å²) < 4.78 is 12.6. The van der Waals surface area contributed by atoms with Crippen LogP contribution in [0, 0.1) is 0 Å². The molecule has 0 saturated carbocycles. The molecule has 0 N–H and O–H groups in total. The summed E-state index contributed by atoms with van der Waals surface area (Å²) in [4.78, 5) is 12.1. The average molecular weight is 457 g/mol. The van der Waals surface area contributed by atoms with Crippen molar-refractivity contribution in [2.75, 3.05) is 21.1 Å². The monoisotopic (exact) mass is 456 g/mol.